The van der Waals surface area contributed by atoms with Crippen LogP contribution in [-0.2, 0) is 13.5 Å². The molecule has 1 saturated heterocycles. The summed E-state index contributed by atoms with van der Waals surface area (Å²) in [6.07, 6.45) is 9.43. The van der Waals surface area contributed by atoms with E-state index in [1.54, 1.807) is 18.6 Å². The van der Waals surface area contributed by atoms with E-state index in [2.05, 4.69) is 20.3 Å². The minimum Gasteiger partial charge on any atom is -0.333 e. The molecule has 0 bridgehead atoms. The Morgan fingerprint density at radius 2 is 2.17 bits per heavy atom. The number of hydrogen-bond acceptors (Lipinski definition) is 4. The lowest BCUT2D eigenvalue weighted by Gasteiger charge is -2.11. The molecule has 5 nitrogen and oxygen atoms in total. The van der Waals surface area contributed by atoms with E-state index in [9.17, 15) is 0 Å². The molecule has 0 aliphatic carbocycles. The maximum absolute atomic E-state index is 4.50. The molecule has 3 heterocycles. The van der Waals surface area contributed by atoms with Gasteiger partial charge in [-0.1, -0.05) is 0 Å². The first-order valence-corrected chi connectivity index (χ1v) is 6.33. The van der Waals surface area contributed by atoms with E-state index in [0.717, 1.165) is 36.7 Å². The fourth-order valence-electron chi connectivity index (χ4n) is 2.46. The van der Waals surface area contributed by atoms with Crippen LogP contribution in [0.15, 0.2) is 24.8 Å². The standard InChI is InChI=1S/C13H17N5/c1-18-7-6-17-13(18)12-11(15-4-5-16-12)8-10-2-3-14-9-10/h4-7,10,14H,2-3,8-9H2,1H3/t10-/m0/s1. The molecule has 2 aromatic heterocycles. The third-order valence-electron chi connectivity index (χ3n) is 3.45. The van der Waals surface area contributed by atoms with Crippen LogP contribution in [0, 0.1) is 5.92 Å². The van der Waals surface area contributed by atoms with Crippen molar-refractivity contribution in [2.75, 3.05) is 13.1 Å². The van der Waals surface area contributed by atoms with E-state index < -0.39 is 0 Å². The van der Waals surface area contributed by atoms with Crippen LogP contribution < -0.4 is 5.32 Å². The number of imidazole rings is 1. The Kier molecular flexibility index (Phi) is 3.06. The van der Waals surface area contributed by atoms with Crippen LogP contribution in [0.2, 0.25) is 0 Å². The molecule has 0 spiro atoms. The predicted molar refractivity (Wildman–Crippen MR) is 68.9 cm³/mol. The number of nitrogens with one attached hydrogen (secondary N) is 1. The number of hydrogen-bond donors (Lipinski definition) is 1. The Morgan fingerprint density at radius 3 is 2.89 bits per heavy atom. The van der Waals surface area contributed by atoms with Gasteiger partial charge in [-0.05, 0) is 31.8 Å². The van der Waals surface area contributed by atoms with Gasteiger partial charge in [0.1, 0.15) is 5.69 Å². The SMILES string of the molecule is Cn1ccnc1-c1nccnc1C[C@@H]1CCNC1. The van der Waals surface area contributed by atoms with Crippen LogP contribution in [0.5, 0.6) is 0 Å². The van der Waals surface area contributed by atoms with Crippen LogP contribution in [0.4, 0.5) is 0 Å². The van der Waals surface area contributed by atoms with Crippen LogP contribution in [-0.4, -0.2) is 32.6 Å². The van der Waals surface area contributed by atoms with Crippen molar-refractivity contribution in [1.82, 2.24) is 24.8 Å². The number of aromatic nitrogens is 4. The zero-order valence-electron chi connectivity index (χ0n) is 10.5. The Balaban J connectivity index is 1.92. The maximum Gasteiger partial charge on any atom is 0.160 e. The second kappa shape index (κ2) is 4.86. The summed E-state index contributed by atoms with van der Waals surface area (Å²) in [6, 6.07) is 0. The molecule has 1 atom stereocenters. The van der Waals surface area contributed by atoms with Gasteiger partial charge in [0.25, 0.3) is 0 Å². The second-order valence-corrected chi connectivity index (χ2v) is 4.78. The summed E-state index contributed by atoms with van der Waals surface area (Å²) in [4.78, 5) is 13.3. The molecule has 3 rings (SSSR count). The molecule has 94 valence electrons. The lowest BCUT2D eigenvalue weighted by Crippen LogP contribution is -2.12. The summed E-state index contributed by atoms with van der Waals surface area (Å²) in [5.74, 6) is 1.56. The average Bonchev–Trinajstić information content (AvgIpc) is 3.02. The summed E-state index contributed by atoms with van der Waals surface area (Å²) in [7, 11) is 1.98. The monoisotopic (exact) mass is 243 g/mol. The summed E-state index contributed by atoms with van der Waals surface area (Å²) < 4.78 is 1.99. The van der Waals surface area contributed by atoms with E-state index in [4.69, 9.17) is 0 Å². The van der Waals surface area contributed by atoms with Crippen molar-refractivity contribution in [3.05, 3.63) is 30.5 Å². The van der Waals surface area contributed by atoms with Gasteiger partial charge in [-0.15, -0.1) is 0 Å². The molecule has 0 amide bonds. The molecule has 1 fully saturated rings. The summed E-state index contributed by atoms with van der Waals surface area (Å²) in [6.45, 7) is 2.19. The molecule has 2 aromatic rings. The van der Waals surface area contributed by atoms with Crippen LogP contribution >= 0.6 is 0 Å². The molecule has 1 N–H and O–H groups in total. The van der Waals surface area contributed by atoms with Gasteiger partial charge in [0, 0.05) is 31.8 Å². The number of nitrogens with zero attached hydrogens (tertiary/aromatic N) is 4. The molecule has 18 heavy (non-hydrogen) atoms. The van der Waals surface area contributed by atoms with Crippen molar-refractivity contribution in [1.29, 1.82) is 0 Å². The van der Waals surface area contributed by atoms with Crippen LogP contribution in [0.1, 0.15) is 12.1 Å². The third-order valence-corrected chi connectivity index (χ3v) is 3.45. The Bertz CT molecular complexity index is 528. The molecule has 0 radical (unpaired) electrons. The molecule has 0 unspecified atom stereocenters. The average molecular weight is 243 g/mol. The van der Waals surface area contributed by atoms with Gasteiger partial charge in [-0.25, -0.2) is 9.97 Å². The van der Waals surface area contributed by atoms with E-state index in [0.29, 0.717) is 5.92 Å². The van der Waals surface area contributed by atoms with Crippen LogP contribution in [0.25, 0.3) is 11.5 Å². The summed E-state index contributed by atoms with van der Waals surface area (Å²) >= 11 is 0. The molecular formula is C13H17N5. The van der Waals surface area contributed by atoms with E-state index in [1.165, 1.54) is 6.42 Å². The molecular weight excluding hydrogens is 226 g/mol. The largest absolute Gasteiger partial charge is 0.333 e. The van der Waals surface area contributed by atoms with Crippen molar-refractivity contribution in [3.8, 4) is 11.5 Å². The summed E-state index contributed by atoms with van der Waals surface area (Å²) in [5.41, 5.74) is 1.97. The zero-order chi connectivity index (χ0) is 12.4. The molecule has 0 saturated carbocycles. The second-order valence-electron chi connectivity index (χ2n) is 4.78. The first kappa shape index (κ1) is 11.3. The van der Waals surface area contributed by atoms with Crippen molar-refractivity contribution in [3.63, 3.8) is 0 Å². The topological polar surface area (TPSA) is 55.6 Å². The maximum atomic E-state index is 4.50. The summed E-state index contributed by atoms with van der Waals surface area (Å²) in [5, 5.41) is 3.39. The van der Waals surface area contributed by atoms with Gasteiger partial charge in [0.05, 0.1) is 5.69 Å². The van der Waals surface area contributed by atoms with Crippen molar-refractivity contribution in [2.45, 2.75) is 12.8 Å². The molecule has 0 aromatic carbocycles. The quantitative estimate of drug-likeness (QED) is 0.874. The third kappa shape index (κ3) is 2.13. The highest BCUT2D eigenvalue weighted by Gasteiger charge is 2.19. The Hall–Kier alpha value is -1.75. The van der Waals surface area contributed by atoms with Gasteiger partial charge in [-0.2, -0.15) is 0 Å². The van der Waals surface area contributed by atoms with Gasteiger partial charge >= 0.3 is 0 Å². The highest BCUT2D eigenvalue weighted by Crippen LogP contribution is 2.21. The molecule has 5 heteroatoms. The van der Waals surface area contributed by atoms with Crippen molar-refractivity contribution >= 4 is 0 Å². The molecule has 1 aliphatic heterocycles. The minimum absolute atomic E-state index is 0.667. The zero-order valence-corrected chi connectivity index (χ0v) is 10.5. The van der Waals surface area contributed by atoms with E-state index in [-0.39, 0.29) is 0 Å². The molecule has 1 aliphatic rings. The van der Waals surface area contributed by atoms with Crippen molar-refractivity contribution < 1.29 is 0 Å². The Morgan fingerprint density at radius 1 is 1.28 bits per heavy atom. The lowest BCUT2D eigenvalue weighted by molar-refractivity contribution is 0.571. The number of rotatable bonds is 3. The normalized spacial score (nSPS) is 19.3. The minimum atomic E-state index is 0.667. The fourth-order valence-corrected chi connectivity index (χ4v) is 2.46. The number of aryl methyl sites for hydroxylation is 1. The highest BCUT2D eigenvalue weighted by atomic mass is 15.1. The van der Waals surface area contributed by atoms with E-state index >= 15 is 0 Å². The van der Waals surface area contributed by atoms with Gasteiger partial charge in [-0.3, -0.25) is 4.98 Å². The van der Waals surface area contributed by atoms with Gasteiger partial charge in [0.15, 0.2) is 5.82 Å². The van der Waals surface area contributed by atoms with Gasteiger partial charge < -0.3 is 9.88 Å². The fraction of sp³-hybridized carbons (Fsp3) is 0.462. The first-order valence-electron chi connectivity index (χ1n) is 6.33. The Labute approximate surface area is 106 Å². The van der Waals surface area contributed by atoms with Gasteiger partial charge in [0.2, 0.25) is 0 Å². The van der Waals surface area contributed by atoms with Crippen molar-refractivity contribution in [2.24, 2.45) is 13.0 Å². The highest BCUT2D eigenvalue weighted by molar-refractivity contribution is 5.52. The first-order chi connectivity index (χ1) is 8.84. The predicted octanol–water partition coefficient (Wildman–Crippen LogP) is 1.03. The van der Waals surface area contributed by atoms with Crippen LogP contribution in [0.3, 0.4) is 0 Å². The lowest BCUT2D eigenvalue weighted by atomic mass is 10.0. The smallest absolute Gasteiger partial charge is 0.160 e. The van der Waals surface area contributed by atoms with E-state index in [1.807, 2.05) is 17.8 Å².